The van der Waals surface area contributed by atoms with Crippen LogP contribution < -0.4 is 5.73 Å². The summed E-state index contributed by atoms with van der Waals surface area (Å²) in [7, 11) is 0. The number of likely N-dealkylation sites (tertiary alicyclic amines) is 1. The van der Waals surface area contributed by atoms with Crippen LogP contribution in [0, 0.1) is 5.92 Å². The highest BCUT2D eigenvalue weighted by Gasteiger charge is 2.26. The van der Waals surface area contributed by atoms with Gasteiger partial charge in [0.25, 0.3) is 0 Å². The topological polar surface area (TPSA) is 66.6 Å². The Balaban J connectivity index is 2.45. The summed E-state index contributed by atoms with van der Waals surface area (Å²) in [5.74, 6) is 0.156. The summed E-state index contributed by atoms with van der Waals surface area (Å²) in [6.07, 6.45) is 0.416. The average molecular weight is 172 g/mol. The molecule has 4 heteroatoms. The maximum absolute atomic E-state index is 11.1. The van der Waals surface area contributed by atoms with Gasteiger partial charge in [0.1, 0.15) is 0 Å². The molecule has 12 heavy (non-hydrogen) atoms. The molecular formula is C8H16N2O2. The van der Waals surface area contributed by atoms with Gasteiger partial charge in [0, 0.05) is 13.1 Å². The highest BCUT2D eigenvalue weighted by Crippen LogP contribution is 2.15. The quantitative estimate of drug-likeness (QED) is 0.543. The zero-order chi connectivity index (χ0) is 9.14. The number of carbonyl (C=O) groups excluding carboxylic acids is 1. The molecule has 0 aromatic carbocycles. The van der Waals surface area contributed by atoms with E-state index in [9.17, 15) is 9.90 Å². The van der Waals surface area contributed by atoms with Crippen molar-refractivity contribution < 1.29 is 9.90 Å². The number of nitrogens with two attached hydrogens (primary N) is 1. The van der Waals surface area contributed by atoms with E-state index in [-0.39, 0.29) is 24.5 Å². The van der Waals surface area contributed by atoms with E-state index >= 15 is 0 Å². The molecule has 2 unspecified atom stereocenters. The highest BCUT2D eigenvalue weighted by molar-refractivity contribution is 5.78. The van der Waals surface area contributed by atoms with Crippen molar-refractivity contribution in [3.63, 3.8) is 0 Å². The van der Waals surface area contributed by atoms with Crippen LogP contribution >= 0.6 is 0 Å². The average Bonchev–Trinajstić information content (AvgIpc) is 2.08. The van der Waals surface area contributed by atoms with Gasteiger partial charge in [0.05, 0.1) is 12.6 Å². The first kappa shape index (κ1) is 9.48. The minimum atomic E-state index is -0.258. The second-order valence-corrected chi connectivity index (χ2v) is 3.38. The minimum Gasteiger partial charge on any atom is -0.393 e. The van der Waals surface area contributed by atoms with Crippen molar-refractivity contribution in [1.29, 1.82) is 0 Å². The van der Waals surface area contributed by atoms with E-state index < -0.39 is 0 Å². The van der Waals surface area contributed by atoms with Crippen LogP contribution in [0.5, 0.6) is 0 Å². The first-order valence-electron chi connectivity index (χ1n) is 4.31. The molecule has 3 N–H and O–H groups in total. The van der Waals surface area contributed by atoms with Crippen molar-refractivity contribution in [2.75, 3.05) is 19.6 Å². The van der Waals surface area contributed by atoms with E-state index in [1.54, 1.807) is 4.90 Å². The summed E-state index contributed by atoms with van der Waals surface area (Å²) in [6, 6.07) is 0. The van der Waals surface area contributed by atoms with Gasteiger partial charge < -0.3 is 15.7 Å². The number of piperidine rings is 1. The monoisotopic (exact) mass is 172 g/mol. The van der Waals surface area contributed by atoms with Crippen LogP contribution in [0.2, 0.25) is 0 Å². The fourth-order valence-electron chi connectivity index (χ4n) is 1.49. The predicted octanol–water partition coefficient (Wildman–Crippen LogP) is -0.826. The Hall–Kier alpha value is -0.610. The Morgan fingerprint density at radius 3 is 2.92 bits per heavy atom. The molecule has 0 aromatic heterocycles. The van der Waals surface area contributed by atoms with Gasteiger partial charge in [-0.05, 0) is 12.3 Å². The van der Waals surface area contributed by atoms with Crippen molar-refractivity contribution in [2.24, 2.45) is 11.7 Å². The van der Waals surface area contributed by atoms with Crippen LogP contribution in [-0.2, 0) is 4.79 Å². The Kier molecular flexibility index (Phi) is 3.05. The molecule has 4 nitrogen and oxygen atoms in total. The lowest BCUT2D eigenvalue weighted by Crippen LogP contribution is -2.47. The lowest BCUT2D eigenvalue weighted by molar-refractivity contribution is -0.133. The molecule has 0 spiro atoms. The van der Waals surface area contributed by atoms with E-state index in [0.29, 0.717) is 19.5 Å². The number of hydrogen-bond acceptors (Lipinski definition) is 3. The first-order valence-corrected chi connectivity index (χ1v) is 4.31. The Bertz CT molecular complexity index is 172. The normalized spacial score (nSPS) is 30.4. The Morgan fingerprint density at radius 1 is 1.75 bits per heavy atom. The van der Waals surface area contributed by atoms with E-state index in [0.717, 1.165) is 0 Å². The fraction of sp³-hybridized carbons (Fsp3) is 0.875. The molecule has 1 amide bonds. The van der Waals surface area contributed by atoms with Crippen LogP contribution in [-0.4, -0.2) is 41.7 Å². The standard InChI is InChI=1S/C8H16N2O2/c1-6-5-10(8(12)4-9)3-2-7(6)11/h6-7,11H,2-5,9H2,1H3. The number of carbonyl (C=O) groups is 1. The number of nitrogens with zero attached hydrogens (tertiary/aromatic N) is 1. The smallest absolute Gasteiger partial charge is 0.236 e. The summed E-state index contributed by atoms with van der Waals surface area (Å²) >= 11 is 0. The van der Waals surface area contributed by atoms with Crippen molar-refractivity contribution in [2.45, 2.75) is 19.4 Å². The molecule has 1 aliphatic rings. The SMILES string of the molecule is CC1CN(C(=O)CN)CCC1O. The fourth-order valence-corrected chi connectivity index (χ4v) is 1.49. The number of rotatable bonds is 1. The second-order valence-electron chi connectivity index (χ2n) is 3.38. The lowest BCUT2D eigenvalue weighted by Gasteiger charge is -2.34. The zero-order valence-corrected chi connectivity index (χ0v) is 7.36. The van der Waals surface area contributed by atoms with Gasteiger partial charge in [-0.3, -0.25) is 4.79 Å². The molecule has 1 saturated heterocycles. The molecule has 0 saturated carbocycles. The molecule has 70 valence electrons. The molecule has 1 heterocycles. The maximum Gasteiger partial charge on any atom is 0.236 e. The van der Waals surface area contributed by atoms with E-state index in [1.165, 1.54) is 0 Å². The van der Waals surface area contributed by atoms with Gasteiger partial charge in [-0.15, -0.1) is 0 Å². The van der Waals surface area contributed by atoms with Crippen LogP contribution in [0.3, 0.4) is 0 Å². The highest BCUT2D eigenvalue weighted by atomic mass is 16.3. The van der Waals surface area contributed by atoms with E-state index in [2.05, 4.69) is 0 Å². The van der Waals surface area contributed by atoms with Crippen molar-refractivity contribution in [3.8, 4) is 0 Å². The summed E-state index contributed by atoms with van der Waals surface area (Å²) < 4.78 is 0. The Morgan fingerprint density at radius 2 is 2.42 bits per heavy atom. The van der Waals surface area contributed by atoms with Crippen LogP contribution in [0.1, 0.15) is 13.3 Å². The second kappa shape index (κ2) is 3.87. The molecule has 1 rings (SSSR count). The molecular weight excluding hydrogens is 156 g/mol. The van der Waals surface area contributed by atoms with Crippen molar-refractivity contribution >= 4 is 5.91 Å². The summed E-state index contributed by atoms with van der Waals surface area (Å²) in [6.45, 7) is 3.29. The van der Waals surface area contributed by atoms with E-state index in [1.807, 2.05) is 6.92 Å². The van der Waals surface area contributed by atoms with E-state index in [4.69, 9.17) is 5.73 Å². The molecule has 0 bridgehead atoms. The van der Waals surface area contributed by atoms with Crippen molar-refractivity contribution in [3.05, 3.63) is 0 Å². The van der Waals surface area contributed by atoms with Crippen LogP contribution in [0.25, 0.3) is 0 Å². The number of amides is 1. The molecule has 1 aliphatic heterocycles. The maximum atomic E-state index is 11.1. The molecule has 0 aliphatic carbocycles. The van der Waals surface area contributed by atoms with Crippen molar-refractivity contribution in [1.82, 2.24) is 4.90 Å². The lowest BCUT2D eigenvalue weighted by atomic mass is 9.97. The number of aliphatic hydroxyl groups excluding tert-OH is 1. The third kappa shape index (κ3) is 1.95. The third-order valence-corrected chi connectivity index (χ3v) is 2.39. The summed E-state index contributed by atoms with van der Waals surface area (Å²) in [5, 5.41) is 9.38. The molecule has 2 atom stereocenters. The summed E-state index contributed by atoms with van der Waals surface area (Å²) in [5.41, 5.74) is 5.23. The third-order valence-electron chi connectivity index (χ3n) is 2.39. The van der Waals surface area contributed by atoms with Gasteiger partial charge in [-0.2, -0.15) is 0 Å². The Labute approximate surface area is 72.3 Å². The molecule has 1 fully saturated rings. The largest absolute Gasteiger partial charge is 0.393 e. The minimum absolute atomic E-state index is 0.0197. The first-order chi connectivity index (χ1) is 5.65. The van der Waals surface area contributed by atoms with Crippen LogP contribution in [0.15, 0.2) is 0 Å². The molecule has 0 aromatic rings. The van der Waals surface area contributed by atoms with Gasteiger partial charge in [-0.1, -0.05) is 6.92 Å². The summed E-state index contributed by atoms with van der Waals surface area (Å²) in [4.78, 5) is 12.9. The molecule has 0 radical (unpaired) electrons. The number of aliphatic hydroxyl groups is 1. The van der Waals surface area contributed by atoms with Gasteiger partial charge in [0.15, 0.2) is 0 Å². The van der Waals surface area contributed by atoms with Gasteiger partial charge in [0.2, 0.25) is 5.91 Å². The zero-order valence-electron chi connectivity index (χ0n) is 7.36. The van der Waals surface area contributed by atoms with Gasteiger partial charge in [-0.25, -0.2) is 0 Å². The predicted molar refractivity (Wildman–Crippen MR) is 45.4 cm³/mol. The number of hydrogen-bond donors (Lipinski definition) is 2. The van der Waals surface area contributed by atoms with Gasteiger partial charge >= 0.3 is 0 Å². The van der Waals surface area contributed by atoms with Crippen LogP contribution in [0.4, 0.5) is 0 Å².